The Bertz CT molecular complexity index is 801. The van der Waals surface area contributed by atoms with Crippen molar-refractivity contribution in [2.24, 2.45) is 10.7 Å². The molecule has 0 spiro atoms. The Morgan fingerprint density at radius 3 is 2.26 bits per heavy atom. The van der Waals surface area contributed by atoms with E-state index in [9.17, 15) is 4.79 Å². The van der Waals surface area contributed by atoms with E-state index in [4.69, 9.17) is 15.2 Å². The van der Waals surface area contributed by atoms with E-state index in [1.54, 1.807) is 45.3 Å². The number of ether oxygens (including phenoxy) is 2. The van der Waals surface area contributed by atoms with Crippen LogP contribution in [-0.4, -0.2) is 45.1 Å². The summed E-state index contributed by atoms with van der Waals surface area (Å²) in [5.41, 5.74) is 8.56. The molecule has 27 heavy (non-hydrogen) atoms. The SMILES string of the molecule is COc1ccc(CN=C(N)NCc2ccc(C(=O)N(C)C)cc2)cc1OC. The highest BCUT2D eigenvalue weighted by Gasteiger charge is 2.07. The highest BCUT2D eigenvalue weighted by atomic mass is 16.5. The third-order valence-electron chi connectivity index (χ3n) is 3.96. The molecule has 0 atom stereocenters. The fourth-order valence-corrected chi connectivity index (χ4v) is 2.43. The number of carbonyl (C=O) groups excluding carboxylic acids is 1. The fraction of sp³-hybridized carbons (Fsp3) is 0.300. The van der Waals surface area contributed by atoms with E-state index in [2.05, 4.69) is 10.3 Å². The molecule has 7 nitrogen and oxygen atoms in total. The van der Waals surface area contributed by atoms with E-state index >= 15 is 0 Å². The van der Waals surface area contributed by atoms with E-state index in [0.717, 1.165) is 11.1 Å². The Kier molecular flexibility index (Phi) is 7.05. The van der Waals surface area contributed by atoms with Crippen molar-refractivity contribution in [3.63, 3.8) is 0 Å². The molecule has 0 aliphatic carbocycles. The zero-order valence-corrected chi connectivity index (χ0v) is 16.2. The molecule has 0 saturated carbocycles. The summed E-state index contributed by atoms with van der Waals surface area (Å²) < 4.78 is 10.5. The van der Waals surface area contributed by atoms with Gasteiger partial charge in [-0.05, 0) is 35.4 Å². The van der Waals surface area contributed by atoms with Gasteiger partial charge in [-0.1, -0.05) is 18.2 Å². The van der Waals surface area contributed by atoms with Crippen molar-refractivity contribution in [3.05, 3.63) is 59.2 Å². The molecule has 2 rings (SSSR count). The van der Waals surface area contributed by atoms with Crippen molar-refractivity contribution in [1.29, 1.82) is 0 Å². The van der Waals surface area contributed by atoms with E-state index < -0.39 is 0 Å². The largest absolute Gasteiger partial charge is 0.493 e. The summed E-state index contributed by atoms with van der Waals surface area (Å²) in [7, 11) is 6.65. The normalized spacial score (nSPS) is 11.0. The van der Waals surface area contributed by atoms with Crippen LogP contribution in [0.25, 0.3) is 0 Å². The number of guanidine groups is 1. The first kappa shape index (κ1) is 20.1. The number of nitrogens with zero attached hydrogens (tertiary/aromatic N) is 2. The van der Waals surface area contributed by atoms with Gasteiger partial charge in [0.2, 0.25) is 0 Å². The lowest BCUT2D eigenvalue weighted by Crippen LogP contribution is -2.31. The van der Waals surface area contributed by atoms with Crippen molar-refractivity contribution in [2.75, 3.05) is 28.3 Å². The first-order valence-electron chi connectivity index (χ1n) is 8.50. The molecule has 144 valence electrons. The number of carbonyl (C=O) groups is 1. The average Bonchev–Trinajstić information content (AvgIpc) is 2.70. The number of amides is 1. The lowest BCUT2D eigenvalue weighted by Gasteiger charge is -2.11. The summed E-state index contributed by atoms with van der Waals surface area (Å²) in [5.74, 6) is 1.65. The van der Waals surface area contributed by atoms with E-state index in [1.165, 1.54) is 0 Å². The molecule has 0 heterocycles. The summed E-state index contributed by atoms with van der Waals surface area (Å²) in [5, 5.41) is 3.07. The Labute approximate surface area is 159 Å². The van der Waals surface area contributed by atoms with E-state index in [0.29, 0.717) is 36.1 Å². The molecule has 0 bridgehead atoms. The van der Waals surface area contributed by atoms with Crippen LogP contribution in [0.4, 0.5) is 0 Å². The highest BCUT2D eigenvalue weighted by molar-refractivity contribution is 5.93. The van der Waals surface area contributed by atoms with Crippen LogP contribution >= 0.6 is 0 Å². The van der Waals surface area contributed by atoms with Crippen LogP contribution in [0.2, 0.25) is 0 Å². The minimum atomic E-state index is -0.0227. The fourth-order valence-electron chi connectivity index (χ4n) is 2.43. The molecule has 0 radical (unpaired) electrons. The molecule has 0 unspecified atom stereocenters. The van der Waals surface area contributed by atoms with Crippen molar-refractivity contribution in [3.8, 4) is 11.5 Å². The van der Waals surface area contributed by atoms with Crippen molar-refractivity contribution >= 4 is 11.9 Å². The highest BCUT2D eigenvalue weighted by Crippen LogP contribution is 2.27. The first-order valence-corrected chi connectivity index (χ1v) is 8.50. The number of rotatable bonds is 7. The number of nitrogens with two attached hydrogens (primary N) is 1. The van der Waals surface area contributed by atoms with Gasteiger partial charge in [-0.3, -0.25) is 4.79 Å². The average molecular weight is 370 g/mol. The quantitative estimate of drug-likeness (QED) is 0.575. The molecule has 3 N–H and O–H groups in total. The van der Waals surface area contributed by atoms with Gasteiger partial charge in [-0.25, -0.2) is 4.99 Å². The zero-order valence-electron chi connectivity index (χ0n) is 16.2. The van der Waals surface area contributed by atoms with Gasteiger partial charge in [0.15, 0.2) is 17.5 Å². The number of hydrogen-bond donors (Lipinski definition) is 2. The van der Waals surface area contributed by atoms with Crippen LogP contribution in [0.15, 0.2) is 47.5 Å². The molecule has 1 amide bonds. The van der Waals surface area contributed by atoms with Gasteiger partial charge in [-0.15, -0.1) is 0 Å². The van der Waals surface area contributed by atoms with Gasteiger partial charge in [0, 0.05) is 26.2 Å². The van der Waals surface area contributed by atoms with E-state index in [1.807, 2.05) is 30.3 Å². The molecule has 0 aliphatic heterocycles. The summed E-state index contributed by atoms with van der Waals surface area (Å²) >= 11 is 0. The molecule has 7 heteroatoms. The van der Waals surface area contributed by atoms with Crippen LogP contribution in [0.1, 0.15) is 21.5 Å². The van der Waals surface area contributed by atoms with Crippen LogP contribution < -0.4 is 20.5 Å². The summed E-state index contributed by atoms with van der Waals surface area (Å²) in [6.45, 7) is 0.952. The van der Waals surface area contributed by atoms with Crippen LogP contribution in [0.5, 0.6) is 11.5 Å². The van der Waals surface area contributed by atoms with Gasteiger partial charge < -0.3 is 25.4 Å². The Morgan fingerprint density at radius 2 is 1.67 bits per heavy atom. The second-order valence-corrected chi connectivity index (χ2v) is 6.14. The summed E-state index contributed by atoms with van der Waals surface area (Å²) in [6.07, 6.45) is 0. The van der Waals surface area contributed by atoms with Crippen molar-refractivity contribution < 1.29 is 14.3 Å². The van der Waals surface area contributed by atoms with Crippen LogP contribution in [0, 0.1) is 0 Å². The number of hydrogen-bond acceptors (Lipinski definition) is 4. The third kappa shape index (κ3) is 5.64. The summed E-state index contributed by atoms with van der Waals surface area (Å²) in [6, 6.07) is 13.0. The molecule has 0 aromatic heterocycles. The second kappa shape index (κ2) is 9.47. The monoisotopic (exact) mass is 370 g/mol. The van der Waals surface area contributed by atoms with Crippen molar-refractivity contribution in [2.45, 2.75) is 13.1 Å². The maximum absolute atomic E-state index is 11.9. The number of methoxy groups -OCH3 is 2. The van der Waals surface area contributed by atoms with Crippen LogP contribution in [0.3, 0.4) is 0 Å². The van der Waals surface area contributed by atoms with E-state index in [-0.39, 0.29) is 5.91 Å². The van der Waals surface area contributed by atoms with Gasteiger partial charge in [0.1, 0.15) is 0 Å². The van der Waals surface area contributed by atoms with Crippen molar-refractivity contribution in [1.82, 2.24) is 10.2 Å². The maximum Gasteiger partial charge on any atom is 0.253 e. The molecular weight excluding hydrogens is 344 g/mol. The Morgan fingerprint density at radius 1 is 1.04 bits per heavy atom. The van der Waals surface area contributed by atoms with Gasteiger partial charge >= 0.3 is 0 Å². The predicted octanol–water partition coefficient (Wildman–Crippen LogP) is 2.01. The molecule has 2 aromatic carbocycles. The minimum absolute atomic E-state index is 0.0227. The smallest absolute Gasteiger partial charge is 0.253 e. The molecule has 0 saturated heterocycles. The Hall–Kier alpha value is -3.22. The molecular formula is C20H26N4O3. The van der Waals surface area contributed by atoms with Gasteiger partial charge in [0.05, 0.1) is 20.8 Å². The number of nitrogens with one attached hydrogen (secondary N) is 1. The second-order valence-electron chi connectivity index (χ2n) is 6.14. The van der Waals surface area contributed by atoms with Gasteiger partial charge in [-0.2, -0.15) is 0 Å². The number of aliphatic imine (C=N–C) groups is 1. The lowest BCUT2D eigenvalue weighted by atomic mass is 10.1. The summed E-state index contributed by atoms with van der Waals surface area (Å²) in [4.78, 5) is 17.8. The van der Waals surface area contributed by atoms with Crippen LogP contribution in [-0.2, 0) is 13.1 Å². The Balaban J connectivity index is 1.91. The predicted molar refractivity (Wildman–Crippen MR) is 106 cm³/mol. The topological polar surface area (TPSA) is 89.2 Å². The molecule has 2 aromatic rings. The molecule has 0 fully saturated rings. The lowest BCUT2D eigenvalue weighted by molar-refractivity contribution is 0.0827. The zero-order chi connectivity index (χ0) is 19.8. The molecule has 0 aliphatic rings. The first-order chi connectivity index (χ1) is 12.9. The van der Waals surface area contributed by atoms with Gasteiger partial charge in [0.25, 0.3) is 5.91 Å². The minimum Gasteiger partial charge on any atom is -0.493 e. The maximum atomic E-state index is 11.9. The standard InChI is InChI=1S/C20H26N4O3/c1-24(2)19(25)16-8-5-14(6-9-16)12-22-20(21)23-13-15-7-10-17(26-3)18(11-15)27-4/h5-11H,12-13H2,1-4H3,(H3,21,22,23). The third-order valence-corrected chi connectivity index (χ3v) is 3.96. The number of benzene rings is 2.